The molecule has 3 rings (SSSR count). The number of H-pyrrole nitrogens is 1. The van der Waals surface area contributed by atoms with Crippen LogP contribution in [0.2, 0.25) is 0 Å². The SMILES string of the molecule is Cc1c(CN(C)C(=O)COc2cccnc2)[nH]c2ccccc12. The Morgan fingerprint density at radius 2 is 2.09 bits per heavy atom. The highest BCUT2D eigenvalue weighted by atomic mass is 16.5. The van der Waals surface area contributed by atoms with Crippen LogP contribution in [0, 0.1) is 6.92 Å². The first-order valence-electron chi connectivity index (χ1n) is 7.48. The number of nitrogens with zero attached hydrogens (tertiary/aromatic N) is 2. The third-order valence-electron chi connectivity index (χ3n) is 3.89. The van der Waals surface area contributed by atoms with Crippen molar-refractivity contribution >= 4 is 16.8 Å². The van der Waals surface area contributed by atoms with Crippen LogP contribution < -0.4 is 4.74 Å². The molecule has 0 saturated carbocycles. The van der Waals surface area contributed by atoms with Gasteiger partial charge in [-0.15, -0.1) is 0 Å². The van der Waals surface area contributed by atoms with E-state index < -0.39 is 0 Å². The Bertz CT molecular complexity index is 812. The second-order valence-electron chi connectivity index (χ2n) is 5.50. The fourth-order valence-electron chi connectivity index (χ4n) is 2.51. The summed E-state index contributed by atoms with van der Waals surface area (Å²) < 4.78 is 5.45. The quantitative estimate of drug-likeness (QED) is 0.788. The van der Waals surface area contributed by atoms with Crippen molar-refractivity contribution in [3.8, 4) is 5.75 Å². The van der Waals surface area contributed by atoms with Crippen LogP contribution in [0.25, 0.3) is 10.9 Å². The number of hydrogen-bond acceptors (Lipinski definition) is 3. The predicted octanol–water partition coefficient (Wildman–Crippen LogP) is 2.91. The first-order chi connectivity index (χ1) is 11.1. The van der Waals surface area contributed by atoms with Gasteiger partial charge in [0, 0.05) is 29.8 Å². The van der Waals surface area contributed by atoms with Gasteiger partial charge in [0.25, 0.3) is 5.91 Å². The summed E-state index contributed by atoms with van der Waals surface area (Å²) in [6, 6.07) is 11.7. The van der Waals surface area contributed by atoms with Gasteiger partial charge < -0.3 is 14.6 Å². The number of amides is 1. The Morgan fingerprint density at radius 1 is 1.26 bits per heavy atom. The largest absolute Gasteiger partial charge is 0.482 e. The van der Waals surface area contributed by atoms with Crippen molar-refractivity contribution in [3.05, 3.63) is 60.0 Å². The third kappa shape index (κ3) is 3.34. The van der Waals surface area contributed by atoms with Gasteiger partial charge in [-0.25, -0.2) is 0 Å². The van der Waals surface area contributed by atoms with Crippen LogP contribution in [0.3, 0.4) is 0 Å². The minimum Gasteiger partial charge on any atom is -0.482 e. The minimum absolute atomic E-state index is 0.00146. The van der Waals surface area contributed by atoms with E-state index in [1.54, 1.807) is 36.5 Å². The number of carbonyl (C=O) groups excluding carboxylic acids is 1. The lowest BCUT2D eigenvalue weighted by molar-refractivity contribution is -0.132. The molecule has 0 aliphatic heterocycles. The van der Waals surface area contributed by atoms with Crippen LogP contribution in [-0.4, -0.2) is 34.4 Å². The van der Waals surface area contributed by atoms with Gasteiger partial charge in [-0.3, -0.25) is 9.78 Å². The molecule has 0 radical (unpaired) electrons. The molecular weight excluding hydrogens is 290 g/mol. The zero-order valence-electron chi connectivity index (χ0n) is 13.2. The first-order valence-corrected chi connectivity index (χ1v) is 7.48. The molecule has 1 amide bonds. The number of rotatable bonds is 5. The van der Waals surface area contributed by atoms with Crippen LogP contribution in [0.4, 0.5) is 0 Å². The maximum absolute atomic E-state index is 12.2. The summed E-state index contributed by atoms with van der Waals surface area (Å²) in [5.41, 5.74) is 3.31. The molecule has 0 atom stereocenters. The molecule has 0 bridgehead atoms. The minimum atomic E-state index is -0.0769. The zero-order chi connectivity index (χ0) is 16.2. The lowest BCUT2D eigenvalue weighted by atomic mass is 10.1. The highest BCUT2D eigenvalue weighted by Gasteiger charge is 2.14. The van der Waals surface area contributed by atoms with Crippen LogP contribution in [0.15, 0.2) is 48.8 Å². The molecule has 0 aliphatic rings. The molecule has 23 heavy (non-hydrogen) atoms. The van der Waals surface area contributed by atoms with E-state index in [4.69, 9.17) is 4.74 Å². The van der Waals surface area contributed by atoms with Gasteiger partial charge >= 0.3 is 0 Å². The van der Waals surface area contributed by atoms with E-state index in [1.165, 1.54) is 10.9 Å². The molecule has 0 fully saturated rings. The number of pyridine rings is 1. The Kier molecular flexibility index (Phi) is 4.28. The van der Waals surface area contributed by atoms with Crippen molar-refractivity contribution in [3.63, 3.8) is 0 Å². The number of aromatic nitrogens is 2. The van der Waals surface area contributed by atoms with Gasteiger partial charge in [-0.05, 0) is 30.7 Å². The standard InChI is InChI=1S/C18H19N3O2/c1-13-15-7-3-4-8-16(15)20-17(13)11-21(2)18(22)12-23-14-6-5-9-19-10-14/h3-10,20H,11-12H2,1-2H3. The molecule has 5 nitrogen and oxygen atoms in total. The molecule has 0 unspecified atom stereocenters. The number of aromatic amines is 1. The number of likely N-dealkylation sites (N-methyl/N-ethyl adjacent to an activating group) is 1. The molecule has 118 valence electrons. The van der Waals surface area contributed by atoms with E-state index in [2.05, 4.69) is 23.0 Å². The van der Waals surface area contributed by atoms with E-state index in [1.807, 2.05) is 18.2 Å². The normalized spacial score (nSPS) is 10.7. The van der Waals surface area contributed by atoms with Gasteiger partial charge in [0.2, 0.25) is 0 Å². The van der Waals surface area contributed by atoms with Crippen LogP contribution in [0.1, 0.15) is 11.3 Å². The highest BCUT2D eigenvalue weighted by Crippen LogP contribution is 2.22. The number of hydrogen-bond donors (Lipinski definition) is 1. The fraction of sp³-hybridized carbons (Fsp3) is 0.222. The van der Waals surface area contributed by atoms with Crippen molar-refractivity contribution in [1.82, 2.24) is 14.9 Å². The predicted molar refractivity (Wildman–Crippen MR) is 89.2 cm³/mol. The average Bonchev–Trinajstić information content (AvgIpc) is 2.90. The summed E-state index contributed by atoms with van der Waals surface area (Å²) in [5.74, 6) is 0.517. The Labute approximate surface area is 134 Å². The van der Waals surface area contributed by atoms with E-state index >= 15 is 0 Å². The van der Waals surface area contributed by atoms with E-state index in [0.29, 0.717) is 12.3 Å². The van der Waals surface area contributed by atoms with Gasteiger partial charge in [0.05, 0.1) is 12.7 Å². The van der Waals surface area contributed by atoms with Crippen LogP contribution in [0.5, 0.6) is 5.75 Å². The molecule has 1 N–H and O–H groups in total. The number of fused-ring (bicyclic) bond motifs is 1. The maximum atomic E-state index is 12.2. The van der Waals surface area contributed by atoms with Crippen molar-refractivity contribution in [2.24, 2.45) is 0 Å². The van der Waals surface area contributed by atoms with E-state index in [-0.39, 0.29) is 12.5 Å². The summed E-state index contributed by atoms with van der Waals surface area (Å²) in [7, 11) is 1.78. The van der Waals surface area contributed by atoms with Crippen molar-refractivity contribution < 1.29 is 9.53 Å². The molecule has 1 aromatic carbocycles. The monoisotopic (exact) mass is 309 g/mol. The average molecular weight is 309 g/mol. The second kappa shape index (κ2) is 6.52. The van der Waals surface area contributed by atoms with Gasteiger partial charge in [0.1, 0.15) is 5.75 Å². The summed E-state index contributed by atoms with van der Waals surface area (Å²) in [6.07, 6.45) is 3.26. The molecule has 2 heterocycles. The molecule has 2 aromatic heterocycles. The molecular formula is C18H19N3O2. The number of para-hydroxylation sites is 1. The number of benzene rings is 1. The highest BCUT2D eigenvalue weighted by molar-refractivity contribution is 5.84. The number of ether oxygens (including phenoxy) is 1. The second-order valence-corrected chi connectivity index (χ2v) is 5.50. The Hall–Kier alpha value is -2.82. The zero-order valence-corrected chi connectivity index (χ0v) is 13.2. The Balaban J connectivity index is 1.64. The Morgan fingerprint density at radius 3 is 2.83 bits per heavy atom. The fourth-order valence-corrected chi connectivity index (χ4v) is 2.51. The number of aryl methyl sites for hydroxylation is 1. The summed E-state index contributed by atoms with van der Waals surface area (Å²) >= 11 is 0. The van der Waals surface area contributed by atoms with Gasteiger partial charge in [0.15, 0.2) is 6.61 Å². The van der Waals surface area contributed by atoms with Crippen molar-refractivity contribution in [2.75, 3.05) is 13.7 Å². The van der Waals surface area contributed by atoms with E-state index in [0.717, 1.165) is 11.2 Å². The summed E-state index contributed by atoms with van der Waals surface area (Å²) in [4.78, 5) is 21.2. The molecule has 3 aromatic rings. The lowest BCUT2D eigenvalue weighted by Crippen LogP contribution is -2.31. The third-order valence-corrected chi connectivity index (χ3v) is 3.89. The van der Waals surface area contributed by atoms with Crippen molar-refractivity contribution in [2.45, 2.75) is 13.5 Å². The van der Waals surface area contributed by atoms with Gasteiger partial charge in [-0.2, -0.15) is 0 Å². The molecule has 0 aliphatic carbocycles. The number of nitrogens with one attached hydrogen (secondary N) is 1. The number of carbonyl (C=O) groups is 1. The smallest absolute Gasteiger partial charge is 0.260 e. The summed E-state index contributed by atoms with van der Waals surface area (Å²) in [5, 5.41) is 1.19. The topological polar surface area (TPSA) is 58.2 Å². The molecule has 5 heteroatoms. The van der Waals surface area contributed by atoms with Crippen LogP contribution in [-0.2, 0) is 11.3 Å². The first kappa shape index (κ1) is 15.1. The van der Waals surface area contributed by atoms with E-state index in [9.17, 15) is 4.79 Å². The lowest BCUT2D eigenvalue weighted by Gasteiger charge is -2.17. The van der Waals surface area contributed by atoms with Gasteiger partial charge in [-0.1, -0.05) is 18.2 Å². The molecule has 0 spiro atoms. The maximum Gasteiger partial charge on any atom is 0.260 e. The summed E-state index contributed by atoms with van der Waals surface area (Å²) in [6.45, 7) is 2.59. The van der Waals surface area contributed by atoms with Crippen molar-refractivity contribution in [1.29, 1.82) is 0 Å². The molecule has 0 saturated heterocycles. The van der Waals surface area contributed by atoms with Crippen LogP contribution >= 0.6 is 0 Å².